The van der Waals surface area contributed by atoms with E-state index in [0.717, 1.165) is 24.5 Å². The SMILES string of the molecule is CCO[C@@H]1C[C@H]2C(=O)NC3(CCC3)C(=O)N(C)[C@@H](C3CCCC3)C(=O)N(C)[C@H](C(=O)N(C)C)CC(=O)N(C)[C@@H](CC3CCC(C#N)CC3)C(=O)N[C@@H]([C@@H](C)CC)C(=O)N(C)CC(=O)N(C)[C@H]3CCCCCN(C3=O)[C@@H](CC3CCC(C(F)(F)F)CC3)C(=O)N(C)CC(=O)N[C@@H](CCC3CC(F)C(C(F)(F)F)C(F)C3)C(=O)N2C1. The van der Waals surface area contributed by atoms with Gasteiger partial charge in [0.1, 0.15) is 72.1 Å². The molecule has 8 aliphatic rings. The van der Waals surface area contributed by atoms with Crippen LogP contribution in [0, 0.1) is 58.7 Å². The van der Waals surface area contributed by atoms with Gasteiger partial charge in [-0.25, -0.2) is 8.78 Å². The zero-order chi connectivity index (χ0) is 83.5. The molecule has 2 unspecified atom stereocenters. The van der Waals surface area contributed by atoms with E-state index in [-0.39, 0.29) is 102 Å². The number of carbonyl (C=O) groups is 12. The second-order valence-electron chi connectivity index (χ2n) is 34.0. The van der Waals surface area contributed by atoms with Gasteiger partial charge in [-0.15, -0.1) is 0 Å². The number of amides is 12. The number of halogens is 8. The third kappa shape index (κ3) is 22.2. The molecule has 12 amide bonds. The number of likely N-dealkylation sites (N-methyl/N-ethyl adjacent to an activating group) is 7. The van der Waals surface area contributed by atoms with Crippen LogP contribution in [0.4, 0.5) is 35.1 Å². The van der Waals surface area contributed by atoms with Crippen LogP contribution in [0.3, 0.4) is 0 Å². The molecule has 3 aliphatic heterocycles. The molecule has 636 valence electrons. The van der Waals surface area contributed by atoms with Crippen LogP contribution in [0.15, 0.2) is 0 Å². The van der Waals surface area contributed by atoms with E-state index in [0.29, 0.717) is 83.5 Å². The van der Waals surface area contributed by atoms with E-state index < -0.39 is 230 Å². The van der Waals surface area contributed by atoms with E-state index in [2.05, 4.69) is 22.0 Å². The molecule has 3 heterocycles. The van der Waals surface area contributed by atoms with Crippen molar-refractivity contribution < 1.29 is 97.4 Å². The number of nitrogens with zero attached hydrogens (tertiary/aromatic N) is 10. The smallest absolute Gasteiger partial charge is 0.377 e. The van der Waals surface area contributed by atoms with E-state index >= 15 is 51.9 Å². The van der Waals surface area contributed by atoms with E-state index in [1.165, 1.54) is 76.0 Å². The Kier molecular flexibility index (Phi) is 31.8. The molecule has 3 N–H and O–H groups in total. The van der Waals surface area contributed by atoms with Crippen LogP contribution >= 0.6 is 0 Å². The van der Waals surface area contributed by atoms with Crippen LogP contribution in [-0.4, -0.2) is 289 Å². The molecular weight excluding hydrogens is 1490 g/mol. The first-order valence-corrected chi connectivity index (χ1v) is 40.9. The maximum absolute atomic E-state index is 15.7. The van der Waals surface area contributed by atoms with Crippen molar-refractivity contribution in [1.82, 2.24) is 60.0 Å². The summed E-state index contributed by atoms with van der Waals surface area (Å²) in [5.41, 5.74) is -1.70. The van der Waals surface area contributed by atoms with Gasteiger partial charge >= 0.3 is 12.4 Å². The number of alkyl halides is 8. The van der Waals surface area contributed by atoms with Crippen LogP contribution in [-0.2, 0) is 62.3 Å². The van der Waals surface area contributed by atoms with Crippen molar-refractivity contribution >= 4 is 70.9 Å². The minimum Gasteiger partial charge on any atom is -0.377 e. The number of hydrogen-bond acceptors (Lipinski definition) is 14. The number of nitriles is 1. The van der Waals surface area contributed by atoms with Crippen molar-refractivity contribution in [3.63, 3.8) is 0 Å². The van der Waals surface area contributed by atoms with Crippen LogP contribution in [0.25, 0.3) is 0 Å². The van der Waals surface area contributed by atoms with E-state index in [9.17, 15) is 46.0 Å². The van der Waals surface area contributed by atoms with Gasteiger partial charge in [0.2, 0.25) is 70.9 Å². The lowest BCUT2D eigenvalue weighted by molar-refractivity contribution is -0.219. The number of nitrogens with one attached hydrogen (secondary N) is 3. The lowest BCUT2D eigenvalue weighted by atomic mass is 9.74. The normalized spacial score (nSPS) is 32.9. The Morgan fingerprint density at radius 1 is 0.602 bits per heavy atom. The van der Waals surface area contributed by atoms with E-state index in [4.69, 9.17) is 4.74 Å². The summed E-state index contributed by atoms with van der Waals surface area (Å²) < 4.78 is 122. The summed E-state index contributed by atoms with van der Waals surface area (Å²) in [6.45, 7) is 3.34. The van der Waals surface area contributed by atoms with Gasteiger partial charge in [-0.2, -0.15) is 31.6 Å². The number of hydrogen-bond donors (Lipinski definition) is 3. The first-order valence-electron chi connectivity index (χ1n) is 40.9. The van der Waals surface area contributed by atoms with Gasteiger partial charge in [-0.1, -0.05) is 46.0 Å². The third-order valence-electron chi connectivity index (χ3n) is 26.1. The summed E-state index contributed by atoms with van der Waals surface area (Å²) in [7, 11) is 10.9. The quantitative estimate of drug-likeness (QED) is 0.153. The molecule has 12 atom stereocenters. The van der Waals surface area contributed by atoms with Crippen LogP contribution in [0.1, 0.15) is 201 Å². The van der Waals surface area contributed by atoms with Crippen molar-refractivity contribution in [2.24, 2.45) is 47.3 Å². The van der Waals surface area contributed by atoms with Crippen molar-refractivity contribution in [3.8, 4) is 6.07 Å². The molecule has 1 spiro atoms. The topological polar surface area (TPSA) is 303 Å². The fourth-order valence-electron chi connectivity index (χ4n) is 18.7. The van der Waals surface area contributed by atoms with Crippen molar-refractivity contribution in [2.45, 2.75) is 285 Å². The average Bonchev–Trinajstić information content (AvgIpc) is 1.72. The minimum absolute atomic E-state index is 0.00149. The largest absolute Gasteiger partial charge is 0.397 e. The molecule has 26 nitrogen and oxygen atoms in total. The maximum atomic E-state index is 15.7. The number of carbonyl (C=O) groups excluding carboxylic acids is 12. The van der Waals surface area contributed by atoms with Gasteiger partial charge in [0.15, 0.2) is 0 Å². The third-order valence-corrected chi connectivity index (χ3v) is 26.1. The highest BCUT2D eigenvalue weighted by atomic mass is 19.4. The Morgan fingerprint density at radius 2 is 1.19 bits per heavy atom. The Morgan fingerprint density at radius 3 is 1.75 bits per heavy atom. The predicted molar refractivity (Wildman–Crippen MR) is 397 cm³/mol. The Balaban J connectivity index is 1.21. The number of rotatable bonds is 13. The molecule has 2 bridgehead atoms. The van der Waals surface area contributed by atoms with Crippen molar-refractivity contribution in [1.29, 1.82) is 5.26 Å². The number of ether oxygens (including phenoxy) is 1. The lowest BCUT2D eigenvalue weighted by Crippen LogP contribution is -2.68. The summed E-state index contributed by atoms with van der Waals surface area (Å²) >= 11 is 0. The van der Waals surface area contributed by atoms with Crippen molar-refractivity contribution in [2.75, 3.05) is 89.2 Å². The Hall–Kier alpha value is -7.47. The van der Waals surface area contributed by atoms with Gasteiger partial charge in [-0.05, 0) is 171 Å². The molecule has 8 rings (SSSR count). The molecule has 113 heavy (non-hydrogen) atoms. The summed E-state index contributed by atoms with van der Waals surface area (Å²) in [5, 5.41) is 18.3. The average molecular weight is 1610 g/mol. The zero-order valence-corrected chi connectivity index (χ0v) is 67.6. The standard InChI is InChI=1S/C79H121F8N13O13/c1-12-46(3)66-74(110)94(7)45-64(103)95(8)57-22-15-14-18-35-99(73(57)109)61(39-48-27-30-52(31-28-48)78(82,83)84)72(108)93(6)44-62(101)89-56(32-29-50-36-54(80)65(55(81)37-50)79(85,86)87)70(106)100-43-53(113-13-2)40-59(100)69(105)91-77(33-19-34-77)76(112)98(11)67(51-20-16-17-21-51)75(111)97(10)60(71(107)92(4)5)41-63(102)96(9)58(68(104)90-66)38-47-23-25-49(42-88)26-24-47/h46-61,65-67H,12-41,43-45H2,1-11H3,(H,89,101)(H,90,104)(H,91,105)/t46-,47?,48?,49?,50?,52?,53+,54?,55?,56-,57-,58-,59-,60-,61-,65?,66-,67-/m0/s1. The molecular formula is C79H121F8N13O13. The molecule has 5 saturated carbocycles. The first-order chi connectivity index (χ1) is 53.2. The molecule has 0 aromatic rings. The van der Waals surface area contributed by atoms with Crippen LogP contribution in [0.5, 0.6) is 0 Å². The number of fused-ring (bicyclic) bond motifs is 3. The fraction of sp³-hybridized carbons (Fsp3) is 0.835. The van der Waals surface area contributed by atoms with Gasteiger partial charge < -0.3 is 64.8 Å². The summed E-state index contributed by atoms with van der Waals surface area (Å²) in [6.07, 6.45) is -13.4. The second-order valence-corrected chi connectivity index (χ2v) is 34.0. The molecule has 0 aromatic carbocycles. The summed E-state index contributed by atoms with van der Waals surface area (Å²) in [4.78, 5) is 193. The van der Waals surface area contributed by atoms with Gasteiger partial charge in [0, 0.05) is 88.4 Å². The Labute approximate surface area is 658 Å². The van der Waals surface area contributed by atoms with Gasteiger partial charge in [0.25, 0.3) is 0 Å². The molecule has 34 heteroatoms. The van der Waals surface area contributed by atoms with E-state index in [1.807, 2.05) is 0 Å². The first kappa shape index (κ1) is 91.1. The van der Waals surface area contributed by atoms with Gasteiger partial charge in [0.05, 0.1) is 37.6 Å². The lowest BCUT2D eigenvalue weighted by Gasteiger charge is -2.46. The highest BCUT2D eigenvalue weighted by Crippen LogP contribution is 2.46. The minimum atomic E-state index is -5.22. The summed E-state index contributed by atoms with van der Waals surface area (Å²) in [6, 6.07) is -9.10. The Bertz CT molecular complexity index is 3400. The molecule has 0 aromatic heterocycles. The van der Waals surface area contributed by atoms with Crippen molar-refractivity contribution in [3.05, 3.63) is 0 Å². The zero-order valence-electron chi connectivity index (χ0n) is 67.6. The maximum Gasteiger partial charge on any atom is 0.397 e. The molecule has 8 fully saturated rings. The van der Waals surface area contributed by atoms with Crippen LogP contribution < -0.4 is 16.0 Å². The molecule has 3 saturated heterocycles. The predicted octanol–water partition coefficient (Wildman–Crippen LogP) is 7.25. The second kappa shape index (κ2) is 39.4. The molecule has 0 radical (unpaired) electrons. The van der Waals surface area contributed by atoms with Crippen LogP contribution in [0.2, 0.25) is 0 Å². The monoisotopic (exact) mass is 1610 g/mol. The fourth-order valence-corrected chi connectivity index (χ4v) is 18.7. The molecule has 5 aliphatic carbocycles. The highest BCUT2D eigenvalue weighted by molar-refractivity contribution is 6.01. The summed E-state index contributed by atoms with van der Waals surface area (Å²) in [5.74, 6) is -17.2. The highest BCUT2D eigenvalue weighted by Gasteiger charge is 2.56. The van der Waals surface area contributed by atoms with Gasteiger partial charge in [-0.3, -0.25) is 57.5 Å². The van der Waals surface area contributed by atoms with E-state index in [1.54, 1.807) is 20.8 Å².